The summed E-state index contributed by atoms with van der Waals surface area (Å²) in [5.74, 6) is 0.121. The molecule has 2 aliphatic rings. The first-order valence-corrected chi connectivity index (χ1v) is 8.95. The summed E-state index contributed by atoms with van der Waals surface area (Å²) in [5, 5.41) is 10.7. The first-order valence-electron chi connectivity index (χ1n) is 7.47. The molecule has 0 amide bonds. The fraction of sp³-hybridized carbons (Fsp3) is 0.571. The third-order valence-electron chi connectivity index (χ3n) is 4.54. The standard InChI is InChI=1S/C14H19N3O5S/c15-11-5-9-7-22-8-10(6-11)14(9)16-23(20,21)13-3-1-12(2-4-13)17(18)19/h1-4,9-11,14,16H,5-8,15H2. The van der Waals surface area contributed by atoms with Crippen molar-refractivity contribution >= 4 is 15.7 Å². The minimum Gasteiger partial charge on any atom is -0.381 e. The van der Waals surface area contributed by atoms with Gasteiger partial charge >= 0.3 is 0 Å². The molecule has 2 atom stereocenters. The van der Waals surface area contributed by atoms with Gasteiger partial charge in [0, 0.05) is 36.1 Å². The number of hydrogen-bond acceptors (Lipinski definition) is 6. The highest BCUT2D eigenvalue weighted by molar-refractivity contribution is 7.89. The Kier molecular flexibility index (Phi) is 4.37. The number of ether oxygens (including phenoxy) is 1. The van der Waals surface area contributed by atoms with E-state index in [9.17, 15) is 18.5 Å². The normalized spacial score (nSPS) is 30.8. The average molecular weight is 341 g/mol. The number of nitrogens with two attached hydrogens (primary N) is 1. The molecule has 0 spiro atoms. The maximum Gasteiger partial charge on any atom is 0.269 e. The summed E-state index contributed by atoms with van der Waals surface area (Å²) in [4.78, 5) is 10.1. The maximum absolute atomic E-state index is 12.5. The van der Waals surface area contributed by atoms with E-state index in [-0.39, 0.29) is 34.5 Å². The molecule has 1 saturated heterocycles. The van der Waals surface area contributed by atoms with E-state index in [0.717, 1.165) is 12.8 Å². The Morgan fingerprint density at radius 2 is 1.74 bits per heavy atom. The van der Waals surface area contributed by atoms with Crippen LogP contribution in [0, 0.1) is 22.0 Å². The van der Waals surface area contributed by atoms with E-state index in [1.54, 1.807) is 0 Å². The third kappa shape index (κ3) is 3.37. The monoisotopic (exact) mass is 341 g/mol. The predicted molar refractivity (Wildman–Crippen MR) is 82.2 cm³/mol. The lowest BCUT2D eigenvalue weighted by molar-refractivity contribution is -0.384. The number of nitrogens with one attached hydrogen (secondary N) is 1. The lowest BCUT2D eigenvalue weighted by atomic mass is 9.74. The van der Waals surface area contributed by atoms with Crippen molar-refractivity contribution in [1.82, 2.24) is 4.72 Å². The van der Waals surface area contributed by atoms with Crippen LogP contribution >= 0.6 is 0 Å². The second kappa shape index (κ2) is 6.16. The Morgan fingerprint density at radius 1 is 1.17 bits per heavy atom. The van der Waals surface area contributed by atoms with Gasteiger partial charge in [0.2, 0.25) is 10.0 Å². The second-order valence-electron chi connectivity index (χ2n) is 6.19. The zero-order chi connectivity index (χ0) is 16.6. The molecule has 126 valence electrons. The smallest absolute Gasteiger partial charge is 0.269 e. The Bertz CT molecular complexity index is 677. The molecule has 8 nitrogen and oxygen atoms in total. The maximum atomic E-state index is 12.5. The highest BCUT2D eigenvalue weighted by Gasteiger charge is 2.42. The van der Waals surface area contributed by atoms with Gasteiger partial charge in [-0.3, -0.25) is 10.1 Å². The molecular formula is C14H19N3O5S. The topological polar surface area (TPSA) is 125 Å². The first kappa shape index (κ1) is 16.3. The summed E-state index contributed by atoms with van der Waals surface area (Å²) < 4.78 is 33.3. The van der Waals surface area contributed by atoms with Crippen LogP contribution in [0.1, 0.15) is 12.8 Å². The predicted octanol–water partition coefficient (Wildman–Crippen LogP) is 0.625. The van der Waals surface area contributed by atoms with E-state index < -0.39 is 14.9 Å². The van der Waals surface area contributed by atoms with Crippen molar-refractivity contribution in [1.29, 1.82) is 0 Å². The number of non-ortho nitro benzene ring substituents is 1. The zero-order valence-electron chi connectivity index (χ0n) is 12.4. The van der Waals surface area contributed by atoms with Crippen molar-refractivity contribution in [2.45, 2.75) is 29.8 Å². The molecule has 2 fully saturated rings. The Hall–Kier alpha value is -1.55. The van der Waals surface area contributed by atoms with Crippen LogP contribution in [-0.2, 0) is 14.8 Å². The summed E-state index contributed by atoms with van der Waals surface area (Å²) in [6.45, 7) is 0.995. The number of nitro benzene ring substituents is 1. The van der Waals surface area contributed by atoms with Crippen molar-refractivity contribution in [3.8, 4) is 0 Å². The van der Waals surface area contributed by atoms with Gasteiger partial charge in [-0.05, 0) is 25.0 Å². The minimum absolute atomic E-state index is 0.0250. The van der Waals surface area contributed by atoms with Crippen molar-refractivity contribution in [2.75, 3.05) is 13.2 Å². The van der Waals surface area contributed by atoms with Crippen LogP contribution < -0.4 is 10.5 Å². The quantitative estimate of drug-likeness (QED) is 0.611. The number of fused-ring (bicyclic) bond motifs is 2. The van der Waals surface area contributed by atoms with Crippen LogP contribution in [-0.4, -0.2) is 38.6 Å². The summed E-state index contributed by atoms with van der Waals surface area (Å²) >= 11 is 0. The van der Waals surface area contributed by atoms with E-state index in [1.807, 2.05) is 0 Å². The average Bonchev–Trinajstić information content (AvgIpc) is 2.48. The summed E-state index contributed by atoms with van der Waals surface area (Å²) in [6.07, 6.45) is 1.45. The van der Waals surface area contributed by atoms with Crippen LogP contribution in [0.3, 0.4) is 0 Å². The molecule has 1 aromatic rings. The SMILES string of the molecule is NC1CC2COCC(C1)C2NS(=O)(=O)c1ccc([N+](=O)[O-])cc1. The van der Waals surface area contributed by atoms with Gasteiger partial charge in [0.25, 0.3) is 5.69 Å². The highest BCUT2D eigenvalue weighted by atomic mass is 32.2. The molecule has 9 heteroatoms. The third-order valence-corrected chi connectivity index (χ3v) is 6.01. The van der Waals surface area contributed by atoms with Gasteiger partial charge in [0.05, 0.1) is 23.0 Å². The van der Waals surface area contributed by atoms with Crippen LogP contribution in [0.25, 0.3) is 0 Å². The van der Waals surface area contributed by atoms with Crippen LogP contribution in [0.4, 0.5) is 5.69 Å². The Morgan fingerprint density at radius 3 is 2.26 bits per heavy atom. The van der Waals surface area contributed by atoms with Gasteiger partial charge in [0.1, 0.15) is 0 Å². The van der Waals surface area contributed by atoms with E-state index in [1.165, 1.54) is 24.3 Å². The number of rotatable bonds is 4. The van der Waals surface area contributed by atoms with Gasteiger partial charge < -0.3 is 10.5 Å². The highest BCUT2D eigenvalue weighted by Crippen LogP contribution is 2.34. The molecule has 1 aliphatic heterocycles. The zero-order valence-corrected chi connectivity index (χ0v) is 13.2. The number of sulfonamides is 1. The van der Waals surface area contributed by atoms with Crippen molar-refractivity contribution in [2.24, 2.45) is 17.6 Å². The lowest BCUT2D eigenvalue weighted by Crippen LogP contribution is -2.56. The molecule has 2 bridgehead atoms. The van der Waals surface area contributed by atoms with Gasteiger partial charge in [-0.15, -0.1) is 0 Å². The van der Waals surface area contributed by atoms with Gasteiger partial charge in [-0.1, -0.05) is 0 Å². The minimum atomic E-state index is -3.73. The van der Waals surface area contributed by atoms with Gasteiger partial charge in [0.15, 0.2) is 0 Å². The van der Waals surface area contributed by atoms with Crippen molar-refractivity contribution < 1.29 is 18.1 Å². The molecular weight excluding hydrogens is 322 g/mol. The molecule has 23 heavy (non-hydrogen) atoms. The molecule has 1 aliphatic carbocycles. The first-order chi connectivity index (χ1) is 10.9. The molecule has 3 N–H and O–H groups in total. The number of benzene rings is 1. The molecule has 1 aromatic carbocycles. The van der Waals surface area contributed by atoms with E-state index in [4.69, 9.17) is 10.5 Å². The largest absolute Gasteiger partial charge is 0.381 e. The molecule has 3 rings (SSSR count). The number of hydrogen-bond donors (Lipinski definition) is 2. The van der Waals surface area contributed by atoms with Crippen LogP contribution in [0.15, 0.2) is 29.2 Å². The van der Waals surface area contributed by atoms with Gasteiger partial charge in [-0.25, -0.2) is 13.1 Å². The van der Waals surface area contributed by atoms with E-state index >= 15 is 0 Å². The Labute approximate surface area is 134 Å². The lowest BCUT2D eigenvalue weighted by Gasteiger charge is -2.44. The fourth-order valence-corrected chi connectivity index (χ4v) is 4.83. The molecule has 2 unspecified atom stereocenters. The molecule has 1 heterocycles. The second-order valence-corrected chi connectivity index (χ2v) is 7.90. The van der Waals surface area contributed by atoms with Gasteiger partial charge in [-0.2, -0.15) is 0 Å². The molecule has 0 radical (unpaired) electrons. The summed E-state index contributed by atoms with van der Waals surface area (Å²) in [6, 6.07) is 4.76. The summed E-state index contributed by atoms with van der Waals surface area (Å²) in [5.41, 5.74) is 5.87. The van der Waals surface area contributed by atoms with Crippen LogP contribution in [0.5, 0.6) is 0 Å². The van der Waals surface area contributed by atoms with E-state index in [2.05, 4.69) is 4.72 Å². The number of nitrogens with zero attached hydrogens (tertiary/aromatic N) is 1. The molecule has 0 aromatic heterocycles. The molecule has 1 saturated carbocycles. The van der Waals surface area contributed by atoms with Crippen LogP contribution in [0.2, 0.25) is 0 Å². The summed E-state index contributed by atoms with van der Waals surface area (Å²) in [7, 11) is -3.73. The number of nitro groups is 1. The Balaban J connectivity index is 1.79. The van der Waals surface area contributed by atoms with Crippen molar-refractivity contribution in [3.63, 3.8) is 0 Å². The van der Waals surface area contributed by atoms with E-state index in [0.29, 0.717) is 13.2 Å². The fourth-order valence-electron chi connectivity index (χ4n) is 3.45. The van der Waals surface area contributed by atoms with Crippen molar-refractivity contribution in [3.05, 3.63) is 34.4 Å².